The molecule has 0 aliphatic heterocycles. The molecule has 0 saturated heterocycles. The predicted molar refractivity (Wildman–Crippen MR) is 107 cm³/mol. The van der Waals surface area contributed by atoms with Crippen LogP contribution in [0.15, 0.2) is 35.3 Å². The fraction of sp³-hybridized carbons (Fsp3) is 0.333. The van der Waals surface area contributed by atoms with Gasteiger partial charge in [0.2, 0.25) is 5.43 Å². The van der Waals surface area contributed by atoms with Crippen molar-refractivity contribution in [3.8, 4) is 10.4 Å². The minimum Gasteiger partial charge on any atom is -0.477 e. The normalized spacial score (nSPS) is 19.2. The van der Waals surface area contributed by atoms with Gasteiger partial charge in [0.15, 0.2) is 0 Å². The average Bonchev–Trinajstić information content (AvgIpc) is 3.39. The van der Waals surface area contributed by atoms with Crippen LogP contribution in [0.4, 0.5) is 0 Å². The lowest BCUT2D eigenvalue weighted by atomic mass is 9.94. The molecule has 2 aliphatic rings. The van der Waals surface area contributed by atoms with Gasteiger partial charge in [0.05, 0.1) is 5.52 Å². The second kappa shape index (κ2) is 6.04. The van der Waals surface area contributed by atoms with Gasteiger partial charge in [-0.05, 0) is 61.4 Å². The summed E-state index contributed by atoms with van der Waals surface area (Å²) in [5, 5.41) is 9.85. The molecule has 0 spiro atoms. The summed E-state index contributed by atoms with van der Waals surface area (Å²) >= 11 is 1.78. The van der Waals surface area contributed by atoms with Crippen LogP contribution in [0.1, 0.15) is 58.6 Å². The van der Waals surface area contributed by atoms with Crippen LogP contribution in [0.5, 0.6) is 0 Å². The van der Waals surface area contributed by atoms with Crippen LogP contribution in [0.25, 0.3) is 21.3 Å². The number of nitrogens with two attached hydrogens (primary N) is 1. The lowest BCUT2D eigenvalue weighted by Crippen LogP contribution is -2.18. The van der Waals surface area contributed by atoms with Crippen LogP contribution in [-0.4, -0.2) is 15.6 Å². The SMILES string of the molecule is NC1CCCc2sc(-c3ccc4c(=O)c(C(=O)O)cn(C5CC5)c4c3)cc21. The van der Waals surface area contributed by atoms with Gasteiger partial charge in [-0.25, -0.2) is 4.79 Å². The molecular weight excluding hydrogens is 360 g/mol. The highest BCUT2D eigenvalue weighted by atomic mass is 32.1. The molecule has 0 amide bonds. The monoisotopic (exact) mass is 380 g/mol. The fourth-order valence-electron chi connectivity index (χ4n) is 4.04. The molecule has 6 heteroatoms. The van der Waals surface area contributed by atoms with Crippen LogP contribution in [-0.2, 0) is 6.42 Å². The van der Waals surface area contributed by atoms with Crippen molar-refractivity contribution in [1.29, 1.82) is 0 Å². The Morgan fingerprint density at radius 3 is 2.74 bits per heavy atom. The Morgan fingerprint density at radius 2 is 2.04 bits per heavy atom. The number of aromatic carboxylic acids is 1. The van der Waals surface area contributed by atoms with E-state index < -0.39 is 11.4 Å². The number of carboxylic acid groups (broad SMARTS) is 1. The van der Waals surface area contributed by atoms with Gasteiger partial charge in [-0.2, -0.15) is 0 Å². The Morgan fingerprint density at radius 1 is 1.22 bits per heavy atom. The molecule has 2 aliphatic carbocycles. The number of pyridine rings is 1. The number of nitrogens with zero attached hydrogens (tertiary/aromatic N) is 1. The number of fused-ring (bicyclic) bond motifs is 2. The van der Waals surface area contributed by atoms with Gasteiger partial charge in [-0.1, -0.05) is 6.07 Å². The maximum absolute atomic E-state index is 12.6. The highest BCUT2D eigenvalue weighted by Crippen LogP contribution is 2.41. The maximum atomic E-state index is 12.6. The number of thiophene rings is 1. The lowest BCUT2D eigenvalue weighted by molar-refractivity contribution is 0.0695. The highest BCUT2D eigenvalue weighted by Gasteiger charge is 2.27. The van der Waals surface area contributed by atoms with Crippen LogP contribution in [0.2, 0.25) is 0 Å². The molecule has 1 atom stereocenters. The fourth-order valence-corrected chi connectivity index (χ4v) is 5.31. The van der Waals surface area contributed by atoms with E-state index in [-0.39, 0.29) is 17.6 Å². The summed E-state index contributed by atoms with van der Waals surface area (Å²) in [6.45, 7) is 0. The molecule has 1 aromatic carbocycles. The van der Waals surface area contributed by atoms with E-state index in [4.69, 9.17) is 5.73 Å². The van der Waals surface area contributed by atoms with Crippen LogP contribution < -0.4 is 11.2 Å². The molecule has 27 heavy (non-hydrogen) atoms. The van der Waals surface area contributed by atoms with Crippen LogP contribution in [0, 0.1) is 0 Å². The summed E-state index contributed by atoms with van der Waals surface area (Å²) in [6, 6.07) is 8.32. The van der Waals surface area contributed by atoms with Crippen molar-refractivity contribution in [2.45, 2.75) is 44.2 Å². The molecule has 2 heterocycles. The molecule has 1 fully saturated rings. The zero-order valence-electron chi connectivity index (χ0n) is 14.8. The molecular formula is C21H20N2O3S. The van der Waals surface area contributed by atoms with Crippen molar-refractivity contribution in [3.63, 3.8) is 0 Å². The summed E-state index contributed by atoms with van der Waals surface area (Å²) in [7, 11) is 0. The van der Waals surface area contributed by atoms with E-state index in [0.717, 1.165) is 48.1 Å². The third-order valence-electron chi connectivity index (χ3n) is 5.65. The first-order valence-electron chi connectivity index (χ1n) is 9.33. The summed E-state index contributed by atoms with van der Waals surface area (Å²) in [5.41, 5.74) is 8.84. The van der Waals surface area contributed by atoms with E-state index in [1.165, 1.54) is 16.6 Å². The summed E-state index contributed by atoms with van der Waals surface area (Å²) < 4.78 is 1.98. The van der Waals surface area contributed by atoms with E-state index in [1.54, 1.807) is 17.4 Å². The Balaban J connectivity index is 1.70. The van der Waals surface area contributed by atoms with Gasteiger partial charge in [-0.3, -0.25) is 4.79 Å². The van der Waals surface area contributed by atoms with E-state index in [0.29, 0.717) is 5.39 Å². The minimum atomic E-state index is -1.17. The van der Waals surface area contributed by atoms with Crippen molar-refractivity contribution in [3.05, 3.63) is 56.7 Å². The molecule has 5 rings (SSSR count). The van der Waals surface area contributed by atoms with Crippen LogP contribution in [0.3, 0.4) is 0 Å². The van der Waals surface area contributed by atoms with Gasteiger partial charge in [-0.15, -0.1) is 11.3 Å². The minimum absolute atomic E-state index is 0.113. The first kappa shape index (κ1) is 16.7. The standard InChI is InChI=1S/C21H20N2O3S/c22-16-2-1-3-18-14(16)9-19(27-18)11-4-7-13-17(8-11)23(12-5-6-12)10-15(20(13)24)21(25)26/h4,7-10,12,16H,1-3,5-6,22H2,(H,25,26). The van der Waals surface area contributed by atoms with Crippen molar-refractivity contribution < 1.29 is 9.90 Å². The highest BCUT2D eigenvalue weighted by molar-refractivity contribution is 7.15. The first-order chi connectivity index (χ1) is 13.0. The molecule has 138 valence electrons. The second-order valence-electron chi connectivity index (χ2n) is 7.54. The number of hydrogen-bond acceptors (Lipinski definition) is 4. The summed E-state index contributed by atoms with van der Waals surface area (Å²) in [6.07, 6.45) is 6.79. The summed E-state index contributed by atoms with van der Waals surface area (Å²) in [4.78, 5) is 26.6. The quantitative estimate of drug-likeness (QED) is 0.716. The number of rotatable bonds is 3. The Hall–Kier alpha value is -2.44. The topological polar surface area (TPSA) is 85.3 Å². The van der Waals surface area contributed by atoms with Crippen molar-refractivity contribution >= 4 is 28.2 Å². The van der Waals surface area contributed by atoms with Gasteiger partial charge in [0.1, 0.15) is 5.56 Å². The second-order valence-corrected chi connectivity index (χ2v) is 8.67. The Bertz CT molecular complexity index is 1140. The molecule has 1 unspecified atom stereocenters. The first-order valence-corrected chi connectivity index (χ1v) is 10.2. The van der Waals surface area contributed by atoms with Crippen molar-refractivity contribution in [2.24, 2.45) is 5.73 Å². The molecule has 2 aromatic heterocycles. The van der Waals surface area contributed by atoms with Crippen LogP contribution >= 0.6 is 11.3 Å². The number of benzene rings is 1. The van der Waals surface area contributed by atoms with E-state index in [1.807, 2.05) is 16.7 Å². The van der Waals surface area contributed by atoms with E-state index >= 15 is 0 Å². The average molecular weight is 380 g/mol. The van der Waals surface area contributed by atoms with Crippen molar-refractivity contribution in [1.82, 2.24) is 4.57 Å². The maximum Gasteiger partial charge on any atom is 0.341 e. The molecule has 3 aromatic rings. The third-order valence-corrected chi connectivity index (χ3v) is 6.91. The Kier molecular flexibility index (Phi) is 3.74. The molecule has 0 radical (unpaired) electrons. The van der Waals surface area contributed by atoms with Gasteiger partial charge >= 0.3 is 5.97 Å². The summed E-state index contributed by atoms with van der Waals surface area (Å²) in [5.74, 6) is -1.17. The zero-order valence-corrected chi connectivity index (χ0v) is 15.6. The zero-order chi connectivity index (χ0) is 18.7. The largest absolute Gasteiger partial charge is 0.477 e. The smallest absolute Gasteiger partial charge is 0.341 e. The number of hydrogen-bond donors (Lipinski definition) is 2. The van der Waals surface area contributed by atoms with Gasteiger partial charge in [0, 0.05) is 33.4 Å². The molecule has 1 saturated carbocycles. The Labute approximate surface area is 160 Å². The number of carboxylic acids is 1. The van der Waals surface area contributed by atoms with Gasteiger partial charge in [0.25, 0.3) is 0 Å². The van der Waals surface area contributed by atoms with Crippen molar-refractivity contribution in [2.75, 3.05) is 0 Å². The number of aromatic nitrogens is 1. The number of aryl methyl sites for hydroxylation is 1. The lowest BCUT2D eigenvalue weighted by Gasteiger charge is -2.17. The molecule has 0 bridgehead atoms. The number of carbonyl (C=O) groups is 1. The van der Waals surface area contributed by atoms with E-state index in [9.17, 15) is 14.7 Å². The third kappa shape index (κ3) is 2.71. The molecule has 5 nitrogen and oxygen atoms in total. The van der Waals surface area contributed by atoms with Gasteiger partial charge < -0.3 is 15.4 Å². The predicted octanol–water partition coefficient (Wildman–Crippen LogP) is 4.10. The molecule has 3 N–H and O–H groups in total. The van der Waals surface area contributed by atoms with E-state index in [2.05, 4.69) is 6.07 Å².